The number of aryl methyl sites for hydroxylation is 2. The molecule has 1 amide bonds. The van der Waals surface area contributed by atoms with E-state index in [-0.39, 0.29) is 12.3 Å². The fourth-order valence-corrected chi connectivity index (χ4v) is 3.54. The summed E-state index contributed by atoms with van der Waals surface area (Å²) in [4.78, 5) is 20.1. The molecule has 0 aliphatic rings. The molecule has 6 nitrogen and oxygen atoms in total. The summed E-state index contributed by atoms with van der Waals surface area (Å²) in [7, 11) is 0. The van der Waals surface area contributed by atoms with Crippen molar-refractivity contribution in [2.75, 3.05) is 5.32 Å². The number of nitrogens with one attached hydrogen (secondary N) is 2. The van der Waals surface area contributed by atoms with Crippen molar-refractivity contribution in [3.63, 3.8) is 0 Å². The average molecular weight is 352 g/mol. The molecule has 0 radical (unpaired) electrons. The highest BCUT2D eigenvalue weighted by Crippen LogP contribution is 2.31. The Morgan fingerprint density at radius 2 is 2.16 bits per heavy atom. The van der Waals surface area contributed by atoms with Crippen molar-refractivity contribution in [2.24, 2.45) is 0 Å². The number of thiazole rings is 1. The Morgan fingerprint density at radius 3 is 2.96 bits per heavy atom. The van der Waals surface area contributed by atoms with Crippen molar-refractivity contribution in [2.45, 2.75) is 20.3 Å². The molecule has 0 saturated heterocycles. The van der Waals surface area contributed by atoms with Gasteiger partial charge in [-0.2, -0.15) is 0 Å². The number of amides is 1. The summed E-state index contributed by atoms with van der Waals surface area (Å²) in [6.45, 7) is 3.64. The Balaban J connectivity index is 1.53. The molecule has 126 valence electrons. The second-order valence-electron chi connectivity index (χ2n) is 5.81. The number of nitrogens with zero attached hydrogens (tertiary/aromatic N) is 2. The Hall–Kier alpha value is -2.93. The van der Waals surface area contributed by atoms with E-state index in [2.05, 4.69) is 26.5 Å². The van der Waals surface area contributed by atoms with Gasteiger partial charge in [0.1, 0.15) is 5.76 Å². The number of aromatic amines is 1. The van der Waals surface area contributed by atoms with Crippen molar-refractivity contribution < 1.29 is 9.32 Å². The molecule has 25 heavy (non-hydrogen) atoms. The minimum atomic E-state index is -0.130. The molecule has 3 aromatic heterocycles. The number of hydrogen-bond acceptors (Lipinski definition) is 5. The predicted molar refractivity (Wildman–Crippen MR) is 97.7 cm³/mol. The highest BCUT2D eigenvalue weighted by Gasteiger charge is 2.15. The molecule has 0 aliphatic carbocycles. The number of carbonyl (C=O) groups is 1. The van der Waals surface area contributed by atoms with Gasteiger partial charge in [0, 0.05) is 33.6 Å². The number of anilines is 1. The molecular weight excluding hydrogens is 336 g/mol. The number of benzene rings is 1. The van der Waals surface area contributed by atoms with Crippen LogP contribution in [0.25, 0.3) is 22.2 Å². The topological polar surface area (TPSA) is 83.8 Å². The molecule has 7 heteroatoms. The second kappa shape index (κ2) is 6.18. The maximum Gasteiger partial charge on any atom is 0.230 e. The van der Waals surface area contributed by atoms with Gasteiger partial charge in [-0.25, -0.2) is 4.98 Å². The first-order valence-electron chi connectivity index (χ1n) is 7.85. The van der Waals surface area contributed by atoms with Crippen molar-refractivity contribution in [1.29, 1.82) is 0 Å². The van der Waals surface area contributed by atoms with Gasteiger partial charge in [-0.05, 0) is 19.9 Å². The van der Waals surface area contributed by atoms with Crippen LogP contribution in [0.3, 0.4) is 0 Å². The van der Waals surface area contributed by atoms with E-state index in [0.717, 1.165) is 33.4 Å². The Morgan fingerprint density at radius 1 is 1.32 bits per heavy atom. The lowest BCUT2D eigenvalue weighted by atomic mass is 10.1. The average Bonchev–Trinajstić information content (AvgIpc) is 3.30. The third-order valence-corrected chi connectivity index (χ3v) is 4.89. The van der Waals surface area contributed by atoms with Crippen molar-refractivity contribution >= 4 is 33.3 Å². The molecule has 1 aromatic carbocycles. The molecule has 0 unspecified atom stereocenters. The van der Waals surface area contributed by atoms with Gasteiger partial charge in [0.15, 0.2) is 5.13 Å². The number of para-hydroxylation sites is 1. The summed E-state index contributed by atoms with van der Waals surface area (Å²) < 4.78 is 5.09. The quantitative estimate of drug-likeness (QED) is 0.580. The van der Waals surface area contributed by atoms with Crippen LogP contribution < -0.4 is 5.32 Å². The number of aromatic nitrogens is 3. The zero-order valence-electron chi connectivity index (χ0n) is 13.8. The lowest BCUT2D eigenvalue weighted by Gasteiger charge is -2.01. The Kier molecular flexibility index (Phi) is 3.85. The van der Waals surface area contributed by atoms with Crippen LogP contribution in [0, 0.1) is 13.8 Å². The molecule has 0 aliphatic heterocycles. The van der Waals surface area contributed by atoms with Gasteiger partial charge in [0.2, 0.25) is 5.91 Å². The van der Waals surface area contributed by atoms with Gasteiger partial charge in [-0.1, -0.05) is 23.4 Å². The van der Waals surface area contributed by atoms with E-state index in [0.29, 0.717) is 10.9 Å². The molecule has 0 bridgehead atoms. The van der Waals surface area contributed by atoms with Crippen molar-refractivity contribution in [1.82, 2.24) is 15.1 Å². The van der Waals surface area contributed by atoms with E-state index in [1.54, 1.807) is 6.92 Å². The molecule has 0 fully saturated rings. The summed E-state index contributed by atoms with van der Waals surface area (Å²) in [6.07, 6.45) is 2.17. The van der Waals surface area contributed by atoms with E-state index >= 15 is 0 Å². The maximum absolute atomic E-state index is 12.3. The van der Waals surface area contributed by atoms with Crippen molar-refractivity contribution in [3.8, 4) is 11.3 Å². The molecule has 4 aromatic rings. The molecular formula is C18H16N4O2S. The molecule has 3 heterocycles. The van der Waals surface area contributed by atoms with Crippen LogP contribution in [0.15, 0.2) is 40.4 Å². The molecule has 4 rings (SSSR count). The number of hydrogen-bond donors (Lipinski definition) is 2. The Bertz CT molecular complexity index is 1040. The van der Waals surface area contributed by atoms with E-state index in [1.165, 1.54) is 11.3 Å². The van der Waals surface area contributed by atoms with Gasteiger partial charge in [0.05, 0.1) is 17.8 Å². The van der Waals surface area contributed by atoms with Gasteiger partial charge in [0.25, 0.3) is 0 Å². The highest BCUT2D eigenvalue weighted by molar-refractivity contribution is 7.14. The number of fused-ring (bicyclic) bond motifs is 1. The Labute approximate surface area is 147 Å². The third-order valence-electron chi connectivity index (χ3n) is 4.13. The number of rotatable bonds is 4. The van der Waals surface area contributed by atoms with Gasteiger partial charge in [-0.3, -0.25) is 4.79 Å². The summed E-state index contributed by atoms with van der Waals surface area (Å²) in [5.41, 5.74) is 4.50. The number of H-pyrrole nitrogens is 1. The highest BCUT2D eigenvalue weighted by atomic mass is 32.1. The molecule has 0 spiro atoms. The van der Waals surface area contributed by atoms with Crippen LogP contribution in [-0.4, -0.2) is 21.0 Å². The van der Waals surface area contributed by atoms with Crippen molar-refractivity contribution in [3.05, 3.63) is 52.9 Å². The summed E-state index contributed by atoms with van der Waals surface area (Å²) in [5.74, 6) is 0.542. The van der Waals surface area contributed by atoms with E-state index < -0.39 is 0 Å². The van der Waals surface area contributed by atoms with E-state index in [4.69, 9.17) is 4.52 Å². The smallest absolute Gasteiger partial charge is 0.230 e. The zero-order valence-corrected chi connectivity index (χ0v) is 14.6. The van der Waals surface area contributed by atoms with Crippen LogP contribution in [0.5, 0.6) is 0 Å². The minimum absolute atomic E-state index is 0.130. The normalized spacial score (nSPS) is 11.1. The molecule has 0 saturated carbocycles. The first kappa shape index (κ1) is 15.6. The van der Waals surface area contributed by atoms with E-state index in [9.17, 15) is 4.79 Å². The summed E-state index contributed by atoms with van der Waals surface area (Å²) >= 11 is 1.41. The second-order valence-corrected chi connectivity index (χ2v) is 6.67. The van der Waals surface area contributed by atoms with Gasteiger partial charge < -0.3 is 14.8 Å². The van der Waals surface area contributed by atoms with Crippen LogP contribution in [0.1, 0.15) is 17.0 Å². The third kappa shape index (κ3) is 2.94. The van der Waals surface area contributed by atoms with Crippen LogP contribution >= 0.6 is 11.3 Å². The zero-order chi connectivity index (χ0) is 17.4. The molecule has 2 N–H and O–H groups in total. The first-order chi connectivity index (χ1) is 12.1. The lowest BCUT2D eigenvalue weighted by molar-refractivity contribution is -0.115. The maximum atomic E-state index is 12.3. The predicted octanol–water partition coefficient (Wildman–Crippen LogP) is 4.08. The van der Waals surface area contributed by atoms with Crippen LogP contribution in [0.4, 0.5) is 5.13 Å². The number of carbonyl (C=O) groups excluding carboxylic acids is 1. The van der Waals surface area contributed by atoms with E-state index in [1.807, 2.05) is 36.7 Å². The van der Waals surface area contributed by atoms with Crippen LogP contribution in [0.2, 0.25) is 0 Å². The standard InChI is InChI=1S/C18H16N4O2S/c1-10-13(11(2)24-22-10)7-17(23)21-18-20-16(9-25-18)14-8-19-15-6-4-3-5-12(14)15/h3-6,8-9,19H,7H2,1-2H3,(H,20,21,23). The van der Waals surface area contributed by atoms with Gasteiger partial charge >= 0.3 is 0 Å². The fourth-order valence-electron chi connectivity index (χ4n) is 2.82. The molecule has 0 atom stereocenters. The first-order valence-corrected chi connectivity index (χ1v) is 8.73. The van der Waals surface area contributed by atoms with Crippen LogP contribution in [-0.2, 0) is 11.2 Å². The SMILES string of the molecule is Cc1noc(C)c1CC(=O)Nc1nc(-c2c[nH]c3ccccc23)cs1. The fraction of sp³-hybridized carbons (Fsp3) is 0.167. The summed E-state index contributed by atoms with van der Waals surface area (Å²) in [5, 5.41) is 10.4. The lowest BCUT2D eigenvalue weighted by Crippen LogP contribution is -2.15. The van der Waals surface area contributed by atoms with Gasteiger partial charge in [-0.15, -0.1) is 11.3 Å². The largest absolute Gasteiger partial charge is 0.361 e. The monoisotopic (exact) mass is 352 g/mol. The minimum Gasteiger partial charge on any atom is -0.361 e. The summed E-state index contributed by atoms with van der Waals surface area (Å²) in [6, 6.07) is 8.07.